The molecule has 0 radical (unpaired) electrons. The average molecular weight is 435 g/mol. The molecule has 1 fully saturated rings. The van der Waals surface area contributed by atoms with E-state index in [1.165, 1.54) is 11.8 Å². The molecule has 28 heavy (non-hydrogen) atoms. The molecule has 9 heteroatoms. The number of benzene rings is 1. The molecule has 0 aliphatic heterocycles. The van der Waals surface area contributed by atoms with E-state index < -0.39 is 0 Å². The first-order chi connectivity index (χ1) is 13.7. The van der Waals surface area contributed by atoms with Crippen LogP contribution in [-0.2, 0) is 4.79 Å². The van der Waals surface area contributed by atoms with Gasteiger partial charge in [-0.15, -0.1) is 21.5 Å². The topological polar surface area (TPSA) is 69.0 Å². The number of thiophene rings is 1. The molecule has 1 N–H and O–H groups in total. The van der Waals surface area contributed by atoms with Gasteiger partial charge in [-0.25, -0.2) is 0 Å². The molecule has 6 nitrogen and oxygen atoms in total. The molecule has 0 spiro atoms. The Morgan fingerprint density at radius 2 is 2.11 bits per heavy atom. The number of thioether (sulfide) groups is 1. The predicted molar refractivity (Wildman–Crippen MR) is 112 cm³/mol. The number of aromatic nitrogens is 3. The first kappa shape index (κ1) is 19.3. The third-order valence-corrected chi connectivity index (χ3v) is 6.22. The largest absolute Gasteiger partial charge is 0.492 e. The fraction of sp³-hybridized carbons (Fsp3) is 0.316. The van der Waals surface area contributed by atoms with E-state index in [-0.39, 0.29) is 5.91 Å². The first-order valence-corrected chi connectivity index (χ1v) is 11.2. The minimum atomic E-state index is -0.0484. The zero-order valence-corrected chi connectivity index (χ0v) is 17.4. The quantitative estimate of drug-likeness (QED) is 0.402. The molecule has 3 aromatic rings. The molecule has 4 rings (SSSR count). The van der Waals surface area contributed by atoms with Gasteiger partial charge in [0.05, 0.1) is 17.2 Å². The second-order valence-electron chi connectivity index (χ2n) is 6.33. The molecule has 0 saturated heterocycles. The fourth-order valence-corrected chi connectivity index (χ4v) is 4.35. The third-order valence-electron chi connectivity index (χ3n) is 4.16. The van der Waals surface area contributed by atoms with Crippen molar-refractivity contribution in [2.24, 2.45) is 0 Å². The number of hydrogen-bond donors (Lipinski definition) is 1. The summed E-state index contributed by atoms with van der Waals surface area (Å²) in [6.45, 7) is 0.844. The van der Waals surface area contributed by atoms with Gasteiger partial charge < -0.3 is 10.1 Å². The molecule has 1 aliphatic rings. The lowest BCUT2D eigenvalue weighted by molar-refractivity contribution is -0.118. The van der Waals surface area contributed by atoms with Crippen molar-refractivity contribution in [3.8, 4) is 16.5 Å². The van der Waals surface area contributed by atoms with Crippen LogP contribution in [0.1, 0.15) is 18.9 Å². The second kappa shape index (κ2) is 8.98. The van der Waals surface area contributed by atoms with Crippen molar-refractivity contribution in [3.63, 3.8) is 0 Å². The van der Waals surface area contributed by atoms with Gasteiger partial charge >= 0.3 is 0 Å². The summed E-state index contributed by atoms with van der Waals surface area (Å²) in [6.07, 6.45) is 2.27. The maximum atomic E-state index is 12.1. The molecule has 1 aliphatic carbocycles. The van der Waals surface area contributed by atoms with Gasteiger partial charge in [0.2, 0.25) is 5.91 Å². The van der Waals surface area contributed by atoms with E-state index in [1.807, 2.05) is 11.4 Å². The SMILES string of the molecule is O=C(CSc1nnc(-c2cccs2)n1C1CC1)NCCOc1ccc(Cl)cc1. The average Bonchev–Trinajstić information content (AvgIpc) is 3.22. The summed E-state index contributed by atoms with van der Waals surface area (Å²) in [7, 11) is 0. The Morgan fingerprint density at radius 3 is 2.82 bits per heavy atom. The Balaban J connectivity index is 1.25. The zero-order valence-electron chi connectivity index (χ0n) is 15.0. The summed E-state index contributed by atoms with van der Waals surface area (Å²) in [5.74, 6) is 1.88. The summed E-state index contributed by atoms with van der Waals surface area (Å²) in [5.41, 5.74) is 0. The minimum Gasteiger partial charge on any atom is -0.492 e. The van der Waals surface area contributed by atoms with Gasteiger partial charge in [-0.1, -0.05) is 29.4 Å². The first-order valence-electron chi connectivity index (χ1n) is 8.97. The highest BCUT2D eigenvalue weighted by molar-refractivity contribution is 7.99. The van der Waals surface area contributed by atoms with Gasteiger partial charge in [-0.3, -0.25) is 9.36 Å². The van der Waals surface area contributed by atoms with Gasteiger partial charge in [0, 0.05) is 11.1 Å². The normalized spacial score (nSPS) is 13.5. The fourth-order valence-electron chi connectivity index (χ4n) is 2.68. The van der Waals surface area contributed by atoms with Gasteiger partial charge in [-0.05, 0) is 48.6 Å². The predicted octanol–water partition coefficient (Wildman–Crippen LogP) is 4.28. The molecular formula is C19H19ClN4O2S2. The summed E-state index contributed by atoms with van der Waals surface area (Å²) in [6, 6.07) is 11.7. The number of hydrogen-bond acceptors (Lipinski definition) is 6. The lowest BCUT2D eigenvalue weighted by atomic mass is 10.3. The van der Waals surface area contributed by atoms with Crippen LogP contribution in [0.25, 0.3) is 10.7 Å². The maximum Gasteiger partial charge on any atom is 0.230 e. The van der Waals surface area contributed by atoms with E-state index in [4.69, 9.17) is 16.3 Å². The Hall–Kier alpha value is -2.03. The Labute approximate surface area is 176 Å². The van der Waals surface area contributed by atoms with E-state index in [2.05, 4.69) is 26.1 Å². The van der Waals surface area contributed by atoms with Crippen LogP contribution in [0, 0.1) is 0 Å². The van der Waals surface area contributed by atoms with Gasteiger partial charge in [0.25, 0.3) is 0 Å². The van der Waals surface area contributed by atoms with Crippen LogP contribution in [0.5, 0.6) is 5.75 Å². The highest BCUT2D eigenvalue weighted by atomic mass is 35.5. The van der Waals surface area contributed by atoms with E-state index in [9.17, 15) is 4.79 Å². The van der Waals surface area contributed by atoms with Crippen LogP contribution < -0.4 is 10.1 Å². The number of halogens is 1. The summed E-state index contributed by atoms with van der Waals surface area (Å²) < 4.78 is 7.75. The van der Waals surface area contributed by atoms with Gasteiger partial charge in [0.1, 0.15) is 12.4 Å². The van der Waals surface area contributed by atoms with Crippen molar-refractivity contribution in [3.05, 3.63) is 46.8 Å². The Morgan fingerprint density at radius 1 is 1.29 bits per heavy atom. The molecule has 1 aromatic carbocycles. The van der Waals surface area contributed by atoms with Crippen molar-refractivity contribution in [2.75, 3.05) is 18.9 Å². The highest BCUT2D eigenvalue weighted by Gasteiger charge is 2.30. The van der Waals surface area contributed by atoms with Crippen molar-refractivity contribution >= 4 is 40.6 Å². The third kappa shape index (κ3) is 4.87. The van der Waals surface area contributed by atoms with Crippen LogP contribution >= 0.6 is 34.7 Å². The van der Waals surface area contributed by atoms with E-state index in [1.54, 1.807) is 35.6 Å². The molecule has 0 atom stereocenters. The summed E-state index contributed by atoms with van der Waals surface area (Å²) in [5, 5.41) is 15.0. The highest BCUT2D eigenvalue weighted by Crippen LogP contribution is 2.41. The van der Waals surface area contributed by atoms with Crippen LogP contribution in [0.15, 0.2) is 46.9 Å². The Kier molecular flexibility index (Phi) is 6.19. The van der Waals surface area contributed by atoms with Crippen molar-refractivity contribution in [1.29, 1.82) is 0 Å². The van der Waals surface area contributed by atoms with Gasteiger partial charge in [0.15, 0.2) is 11.0 Å². The number of ether oxygens (including phenoxy) is 1. The summed E-state index contributed by atoms with van der Waals surface area (Å²) in [4.78, 5) is 13.3. The molecule has 2 heterocycles. The van der Waals surface area contributed by atoms with Crippen molar-refractivity contribution in [1.82, 2.24) is 20.1 Å². The maximum absolute atomic E-state index is 12.1. The number of nitrogens with one attached hydrogen (secondary N) is 1. The molecular weight excluding hydrogens is 416 g/mol. The smallest absolute Gasteiger partial charge is 0.230 e. The lowest BCUT2D eigenvalue weighted by Crippen LogP contribution is -2.29. The lowest BCUT2D eigenvalue weighted by Gasteiger charge is -2.09. The summed E-state index contributed by atoms with van der Waals surface area (Å²) >= 11 is 8.92. The standard InChI is InChI=1S/C19H19ClN4O2S2/c20-13-3-7-15(8-4-13)26-10-9-21-17(25)12-28-19-23-22-18(16-2-1-11-27-16)24(19)14-5-6-14/h1-4,7-8,11,14H,5-6,9-10,12H2,(H,21,25). The molecule has 0 unspecified atom stereocenters. The molecule has 1 saturated carbocycles. The van der Waals surface area contributed by atoms with Crippen molar-refractivity contribution < 1.29 is 9.53 Å². The molecule has 1 amide bonds. The van der Waals surface area contributed by atoms with E-state index >= 15 is 0 Å². The number of nitrogens with zero attached hydrogens (tertiary/aromatic N) is 3. The van der Waals surface area contributed by atoms with Crippen LogP contribution in [-0.4, -0.2) is 39.6 Å². The monoisotopic (exact) mass is 434 g/mol. The number of carbonyl (C=O) groups excluding carboxylic acids is 1. The second-order valence-corrected chi connectivity index (χ2v) is 8.65. The van der Waals surface area contributed by atoms with Crippen LogP contribution in [0.4, 0.5) is 0 Å². The number of carbonyl (C=O) groups is 1. The molecule has 146 valence electrons. The van der Waals surface area contributed by atoms with E-state index in [0.29, 0.717) is 30.0 Å². The number of amides is 1. The van der Waals surface area contributed by atoms with E-state index in [0.717, 1.165) is 34.4 Å². The zero-order chi connectivity index (χ0) is 19.3. The van der Waals surface area contributed by atoms with Crippen LogP contribution in [0.2, 0.25) is 5.02 Å². The van der Waals surface area contributed by atoms with Gasteiger partial charge in [-0.2, -0.15) is 0 Å². The minimum absolute atomic E-state index is 0.0484. The number of rotatable bonds is 9. The van der Waals surface area contributed by atoms with Crippen LogP contribution in [0.3, 0.4) is 0 Å². The molecule has 0 bridgehead atoms. The van der Waals surface area contributed by atoms with Crippen molar-refractivity contribution in [2.45, 2.75) is 24.0 Å². The Bertz CT molecular complexity index is 924. The molecule has 2 aromatic heterocycles.